The molecule has 0 aromatic carbocycles. The van der Waals surface area contributed by atoms with Gasteiger partial charge < -0.3 is 5.73 Å². The Bertz CT molecular complexity index is 257. The van der Waals surface area contributed by atoms with Crippen LogP contribution < -0.4 is 5.73 Å². The van der Waals surface area contributed by atoms with Gasteiger partial charge in [0, 0.05) is 12.4 Å². The van der Waals surface area contributed by atoms with Gasteiger partial charge >= 0.3 is 0 Å². The van der Waals surface area contributed by atoms with Gasteiger partial charge in [0.15, 0.2) is 0 Å². The van der Waals surface area contributed by atoms with Crippen molar-refractivity contribution in [3.63, 3.8) is 0 Å². The predicted octanol–water partition coefficient (Wildman–Crippen LogP) is 1.07. The summed E-state index contributed by atoms with van der Waals surface area (Å²) in [5.41, 5.74) is 8.43. The molecule has 0 aliphatic heterocycles. The Morgan fingerprint density at radius 1 is 1.64 bits per heavy atom. The van der Waals surface area contributed by atoms with Crippen molar-refractivity contribution in [3.8, 4) is 0 Å². The van der Waals surface area contributed by atoms with Crippen LogP contribution in [0, 0.1) is 0 Å². The lowest BCUT2D eigenvalue weighted by Crippen LogP contribution is -2.09. The van der Waals surface area contributed by atoms with Crippen molar-refractivity contribution in [1.82, 2.24) is 4.98 Å². The van der Waals surface area contributed by atoms with Crippen LogP contribution in [0.2, 0.25) is 0 Å². The summed E-state index contributed by atoms with van der Waals surface area (Å²) in [6, 6.07) is 2.10. The number of aromatic nitrogens is 1. The third-order valence-electron chi connectivity index (χ3n) is 2.43. The molecule has 2 rings (SSSR count). The van der Waals surface area contributed by atoms with E-state index in [4.69, 9.17) is 5.73 Å². The van der Waals surface area contributed by atoms with Crippen molar-refractivity contribution in [2.75, 3.05) is 6.54 Å². The maximum absolute atomic E-state index is 5.62. The molecule has 0 amide bonds. The Kier molecular flexibility index (Phi) is 1.62. The minimum absolute atomic E-state index is 0.568. The summed E-state index contributed by atoms with van der Waals surface area (Å²) in [5.74, 6) is 0.568. The van der Waals surface area contributed by atoms with Gasteiger partial charge in [0.2, 0.25) is 0 Å². The highest BCUT2D eigenvalue weighted by Gasteiger charge is 2.20. The largest absolute Gasteiger partial charge is 0.330 e. The molecule has 0 fully saturated rings. The fraction of sp³-hybridized carbons (Fsp3) is 0.444. The summed E-state index contributed by atoms with van der Waals surface area (Å²) in [7, 11) is 0. The van der Waals surface area contributed by atoms with E-state index in [1.54, 1.807) is 0 Å². The minimum Gasteiger partial charge on any atom is -0.330 e. The number of hydrogen-bond acceptors (Lipinski definition) is 2. The van der Waals surface area contributed by atoms with Crippen LogP contribution in [0.25, 0.3) is 0 Å². The van der Waals surface area contributed by atoms with Crippen LogP contribution in [0.1, 0.15) is 23.5 Å². The molecule has 1 aliphatic rings. The molecule has 1 aromatic heterocycles. The zero-order valence-corrected chi connectivity index (χ0v) is 6.46. The van der Waals surface area contributed by atoms with Crippen molar-refractivity contribution in [2.24, 2.45) is 5.73 Å². The fourth-order valence-corrected chi connectivity index (χ4v) is 1.76. The summed E-state index contributed by atoms with van der Waals surface area (Å²) in [4.78, 5) is 4.10. The SMILES string of the molecule is NCC1CCc2ccncc21. The number of rotatable bonds is 1. The number of pyridine rings is 1. The molecule has 0 saturated carbocycles. The predicted molar refractivity (Wildman–Crippen MR) is 44.4 cm³/mol. The summed E-state index contributed by atoms with van der Waals surface area (Å²) in [6.45, 7) is 0.763. The van der Waals surface area contributed by atoms with Crippen LogP contribution in [0.3, 0.4) is 0 Å². The first-order valence-electron chi connectivity index (χ1n) is 4.04. The van der Waals surface area contributed by atoms with Gasteiger partial charge in [-0.3, -0.25) is 4.98 Å². The monoisotopic (exact) mass is 148 g/mol. The van der Waals surface area contributed by atoms with Crippen molar-refractivity contribution in [1.29, 1.82) is 0 Å². The molecule has 0 spiro atoms. The van der Waals surface area contributed by atoms with Gasteiger partial charge in [-0.25, -0.2) is 0 Å². The number of nitrogens with zero attached hydrogens (tertiary/aromatic N) is 1. The van der Waals surface area contributed by atoms with Crippen LogP contribution in [-0.2, 0) is 6.42 Å². The van der Waals surface area contributed by atoms with E-state index in [1.807, 2.05) is 12.4 Å². The highest BCUT2D eigenvalue weighted by atomic mass is 14.6. The molecule has 1 atom stereocenters. The van der Waals surface area contributed by atoms with Gasteiger partial charge in [-0.1, -0.05) is 0 Å². The topological polar surface area (TPSA) is 38.9 Å². The van der Waals surface area contributed by atoms with E-state index in [-0.39, 0.29) is 0 Å². The molecule has 0 bridgehead atoms. The second kappa shape index (κ2) is 2.62. The van der Waals surface area contributed by atoms with Crippen molar-refractivity contribution >= 4 is 0 Å². The number of hydrogen-bond donors (Lipinski definition) is 1. The van der Waals surface area contributed by atoms with Crippen LogP contribution in [0.4, 0.5) is 0 Å². The van der Waals surface area contributed by atoms with Gasteiger partial charge in [0.25, 0.3) is 0 Å². The molecule has 1 aromatic rings. The Balaban J connectivity index is 2.39. The molecule has 1 aliphatic carbocycles. The third-order valence-corrected chi connectivity index (χ3v) is 2.43. The zero-order chi connectivity index (χ0) is 7.68. The molecular formula is C9H12N2. The molecule has 2 N–H and O–H groups in total. The fourth-order valence-electron chi connectivity index (χ4n) is 1.76. The Hall–Kier alpha value is -0.890. The van der Waals surface area contributed by atoms with E-state index in [9.17, 15) is 0 Å². The molecule has 2 heteroatoms. The molecular weight excluding hydrogens is 136 g/mol. The quantitative estimate of drug-likeness (QED) is 0.647. The Morgan fingerprint density at radius 3 is 3.36 bits per heavy atom. The third kappa shape index (κ3) is 1.03. The molecule has 2 nitrogen and oxygen atoms in total. The maximum Gasteiger partial charge on any atom is 0.0305 e. The standard InChI is InChI=1S/C9H12N2/c10-5-8-2-1-7-3-4-11-6-9(7)8/h3-4,6,8H,1-2,5,10H2. The summed E-state index contributed by atoms with van der Waals surface area (Å²) < 4.78 is 0. The lowest BCUT2D eigenvalue weighted by Gasteiger charge is -2.05. The van der Waals surface area contributed by atoms with Gasteiger partial charge in [-0.15, -0.1) is 0 Å². The molecule has 0 saturated heterocycles. The average molecular weight is 148 g/mol. The van der Waals surface area contributed by atoms with E-state index in [1.165, 1.54) is 24.0 Å². The highest BCUT2D eigenvalue weighted by molar-refractivity contribution is 5.32. The van der Waals surface area contributed by atoms with E-state index in [0.717, 1.165) is 6.54 Å². The zero-order valence-electron chi connectivity index (χ0n) is 6.46. The lowest BCUT2D eigenvalue weighted by atomic mass is 10.0. The molecule has 58 valence electrons. The molecule has 1 unspecified atom stereocenters. The Labute approximate surface area is 66.4 Å². The van der Waals surface area contributed by atoms with Gasteiger partial charge in [-0.2, -0.15) is 0 Å². The second-order valence-electron chi connectivity index (χ2n) is 3.05. The van der Waals surface area contributed by atoms with Crippen molar-refractivity contribution in [3.05, 3.63) is 29.6 Å². The highest BCUT2D eigenvalue weighted by Crippen LogP contribution is 2.30. The van der Waals surface area contributed by atoms with Crippen LogP contribution in [-0.4, -0.2) is 11.5 Å². The Morgan fingerprint density at radius 2 is 2.55 bits per heavy atom. The first-order valence-corrected chi connectivity index (χ1v) is 4.04. The normalized spacial score (nSPS) is 21.7. The number of aryl methyl sites for hydroxylation is 1. The van der Waals surface area contributed by atoms with Crippen molar-refractivity contribution in [2.45, 2.75) is 18.8 Å². The first-order chi connectivity index (χ1) is 5.42. The second-order valence-corrected chi connectivity index (χ2v) is 3.05. The van der Waals surface area contributed by atoms with Crippen molar-refractivity contribution < 1.29 is 0 Å². The van der Waals surface area contributed by atoms with Crippen LogP contribution in [0.15, 0.2) is 18.5 Å². The summed E-state index contributed by atoms with van der Waals surface area (Å²) in [5, 5.41) is 0. The minimum atomic E-state index is 0.568. The maximum atomic E-state index is 5.62. The molecule has 1 heterocycles. The molecule has 11 heavy (non-hydrogen) atoms. The number of fused-ring (bicyclic) bond motifs is 1. The van der Waals surface area contributed by atoms with Crippen LogP contribution >= 0.6 is 0 Å². The summed E-state index contributed by atoms with van der Waals surface area (Å²) >= 11 is 0. The first kappa shape index (κ1) is 6.80. The molecule has 0 radical (unpaired) electrons. The van der Waals surface area contributed by atoms with E-state index >= 15 is 0 Å². The number of nitrogens with two attached hydrogens (primary N) is 1. The smallest absolute Gasteiger partial charge is 0.0305 e. The van der Waals surface area contributed by atoms with Gasteiger partial charge in [-0.05, 0) is 42.5 Å². The average Bonchev–Trinajstić information content (AvgIpc) is 2.47. The van der Waals surface area contributed by atoms with Gasteiger partial charge in [0.05, 0.1) is 0 Å². The van der Waals surface area contributed by atoms with E-state index < -0.39 is 0 Å². The lowest BCUT2D eigenvalue weighted by molar-refractivity contribution is 0.687. The van der Waals surface area contributed by atoms with E-state index in [0.29, 0.717) is 5.92 Å². The van der Waals surface area contributed by atoms with Crippen LogP contribution in [0.5, 0.6) is 0 Å². The van der Waals surface area contributed by atoms with Gasteiger partial charge in [0.1, 0.15) is 0 Å². The van der Waals surface area contributed by atoms with E-state index in [2.05, 4.69) is 11.1 Å². The summed E-state index contributed by atoms with van der Waals surface area (Å²) in [6.07, 6.45) is 6.20.